The minimum absolute atomic E-state index is 0.0432. The molecule has 21 heavy (non-hydrogen) atoms. The van der Waals surface area contributed by atoms with Crippen LogP contribution in [-0.2, 0) is 4.79 Å². The molecule has 0 unspecified atom stereocenters. The number of nitrogens with one attached hydrogen (secondary N) is 1. The van der Waals surface area contributed by atoms with Crippen molar-refractivity contribution in [3.63, 3.8) is 0 Å². The highest BCUT2D eigenvalue weighted by atomic mass is 16.5. The van der Waals surface area contributed by atoms with E-state index in [0.717, 1.165) is 6.42 Å². The molecular weight excluding hydrogens is 272 g/mol. The van der Waals surface area contributed by atoms with Crippen LogP contribution in [0.25, 0.3) is 0 Å². The van der Waals surface area contributed by atoms with Crippen molar-refractivity contribution in [1.82, 2.24) is 5.32 Å². The highest BCUT2D eigenvalue weighted by molar-refractivity contribution is 5.93. The number of carboxylic acid groups (broad SMARTS) is 1. The second-order valence-corrected chi connectivity index (χ2v) is 5.37. The van der Waals surface area contributed by atoms with E-state index >= 15 is 0 Å². The Morgan fingerprint density at radius 3 is 2.57 bits per heavy atom. The normalized spacial score (nSPS) is 15.7. The number of para-hydroxylation sites is 2. The quantitative estimate of drug-likeness (QED) is 0.872. The molecule has 1 saturated carbocycles. The number of carboxylic acids is 1. The summed E-state index contributed by atoms with van der Waals surface area (Å²) in [6, 6.07) is 6.88. The average molecular weight is 292 g/mol. The Kier molecular flexibility index (Phi) is 4.35. The van der Waals surface area contributed by atoms with E-state index in [9.17, 15) is 9.59 Å². The minimum atomic E-state index is -0.894. The summed E-state index contributed by atoms with van der Waals surface area (Å²) in [4.78, 5) is 24.8. The third-order valence-corrected chi connectivity index (χ3v) is 3.92. The fourth-order valence-electron chi connectivity index (χ4n) is 2.57. The Bertz CT molecular complexity index is 540. The summed E-state index contributed by atoms with van der Waals surface area (Å²) in [5.41, 5.74) is 0.0291. The Hall–Kier alpha value is -2.24. The molecule has 0 bridgehead atoms. The van der Waals surface area contributed by atoms with Gasteiger partial charge in [-0.2, -0.15) is 0 Å². The van der Waals surface area contributed by atoms with Gasteiger partial charge in [-0.3, -0.25) is 9.69 Å². The lowest BCUT2D eigenvalue weighted by atomic mass is 9.74. The Balaban J connectivity index is 2.10. The van der Waals surface area contributed by atoms with Gasteiger partial charge in [-0.1, -0.05) is 12.1 Å². The van der Waals surface area contributed by atoms with Crippen molar-refractivity contribution in [3.05, 3.63) is 24.3 Å². The zero-order chi connectivity index (χ0) is 15.5. The number of ether oxygens (including phenoxy) is 1. The number of nitrogens with zero attached hydrogens (tertiary/aromatic N) is 1. The molecule has 1 aromatic carbocycles. The van der Waals surface area contributed by atoms with Crippen LogP contribution in [0.3, 0.4) is 0 Å². The van der Waals surface area contributed by atoms with Crippen molar-refractivity contribution in [2.24, 2.45) is 0 Å². The number of amides is 2. The van der Waals surface area contributed by atoms with E-state index in [-0.39, 0.29) is 12.5 Å². The molecule has 6 nitrogen and oxygen atoms in total. The molecule has 6 heteroatoms. The van der Waals surface area contributed by atoms with E-state index in [4.69, 9.17) is 9.84 Å². The SMILES string of the molecule is COc1ccccc1N(C)C(=O)NC1(CC(=O)O)CCC1. The first-order valence-electron chi connectivity index (χ1n) is 6.88. The number of carbonyl (C=O) groups excluding carboxylic acids is 1. The third kappa shape index (κ3) is 3.26. The lowest BCUT2D eigenvalue weighted by Gasteiger charge is -2.42. The van der Waals surface area contributed by atoms with Crippen LogP contribution in [-0.4, -0.2) is 36.8 Å². The molecule has 0 spiro atoms. The van der Waals surface area contributed by atoms with Crippen LogP contribution in [0.2, 0.25) is 0 Å². The van der Waals surface area contributed by atoms with Gasteiger partial charge in [-0.15, -0.1) is 0 Å². The number of rotatable bonds is 5. The molecular formula is C15H20N2O4. The third-order valence-electron chi connectivity index (χ3n) is 3.92. The van der Waals surface area contributed by atoms with E-state index < -0.39 is 11.5 Å². The van der Waals surface area contributed by atoms with Gasteiger partial charge >= 0.3 is 12.0 Å². The molecule has 1 fully saturated rings. The van der Waals surface area contributed by atoms with Crippen molar-refractivity contribution in [2.75, 3.05) is 19.1 Å². The van der Waals surface area contributed by atoms with Gasteiger partial charge in [-0.25, -0.2) is 4.79 Å². The number of urea groups is 1. The van der Waals surface area contributed by atoms with Gasteiger partial charge in [0.1, 0.15) is 5.75 Å². The topological polar surface area (TPSA) is 78.9 Å². The van der Waals surface area contributed by atoms with Gasteiger partial charge in [0, 0.05) is 7.05 Å². The number of hydrogen-bond acceptors (Lipinski definition) is 3. The second-order valence-electron chi connectivity index (χ2n) is 5.37. The van der Waals surface area contributed by atoms with Gasteiger partial charge in [0.05, 0.1) is 24.8 Å². The minimum Gasteiger partial charge on any atom is -0.495 e. The smallest absolute Gasteiger partial charge is 0.322 e. The van der Waals surface area contributed by atoms with E-state index in [0.29, 0.717) is 24.3 Å². The molecule has 2 rings (SSSR count). The molecule has 1 aliphatic rings. The first kappa shape index (κ1) is 15.2. The molecule has 0 radical (unpaired) electrons. The fourth-order valence-corrected chi connectivity index (χ4v) is 2.57. The summed E-state index contributed by atoms with van der Waals surface area (Å²) in [5.74, 6) is -0.300. The highest BCUT2D eigenvalue weighted by Gasteiger charge is 2.41. The maximum atomic E-state index is 12.4. The van der Waals surface area contributed by atoms with E-state index in [1.165, 1.54) is 4.90 Å². The second kappa shape index (κ2) is 6.03. The van der Waals surface area contributed by atoms with Crippen LogP contribution in [0.5, 0.6) is 5.75 Å². The molecule has 0 aromatic heterocycles. The zero-order valence-electron chi connectivity index (χ0n) is 12.3. The molecule has 2 N–H and O–H groups in total. The van der Waals surface area contributed by atoms with E-state index in [2.05, 4.69) is 5.32 Å². The maximum absolute atomic E-state index is 12.4. The molecule has 2 amide bonds. The summed E-state index contributed by atoms with van der Waals surface area (Å²) < 4.78 is 5.24. The number of hydrogen-bond donors (Lipinski definition) is 2. The van der Waals surface area contributed by atoms with Crippen molar-refractivity contribution in [2.45, 2.75) is 31.2 Å². The largest absolute Gasteiger partial charge is 0.495 e. The number of anilines is 1. The van der Waals surface area contributed by atoms with Crippen molar-refractivity contribution >= 4 is 17.7 Å². The Labute approximate surface area is 123 Å². The predicted octanol–water partition coefficient (Wildman–Crippen LogP) is 2.24. The summed E-state index contributed by atoms with van der Waals surface area (Å²) in [6.45, 7) is 0. The van der Waals surface area contributed by atoms with Crippen LogP contribution >= 0.6 is 0 Å². The van der Waals surface area contributed by atoms with Gasteiger partial charge in [0.15, 0.2) is 0 Å². The lowest BCUT2D eigenvalue weighted by molar-refractivity contribution is -0.139. The summed E-state index contributed by atoms with van der Waals surface area (Å²) in [6.07, 6.45) is 2.29. The van der Waals surface area contributed by atoms with Crippen LogP contribution in [0, 0.1) is 0 Å². The number of carbonyl (C=O) groups is 2. The number of benzene rings is 1. The van der Waals surface area contributed by atoms with Crippen molar-refractivity contribution in [3.8, 4) is 5.75 Å². The highest BCUT2D eigenvalue weighted by Crippen LogP contribution is 2.35. The monoisotopic (exact) mass is 292 g/mol. The predicted molar refractivity (Wildman–Crippen MR) is 78.8 cm³/mol. The fraction of sp³-hybridized carbons (Fsp3) is 0.467. The molecule has 114 valence electrons. The first-order valence-corrected chi connectivity index (χ1v) is 6.88. The molecule has 0 heterocycles. The summed E-state index contributed by atoms with van der Waals surface area (Å²) in [5, 5.41) is 11.8. The van der Waals surface area contributed by atoms with Crippen molar-refractivity contribution in [1.29, 1.82) is 0 Å². The molecule has 0 aliphatic heterocycles. The zero-order valence-corrected chi connectivity index (χ0v) is 12.3. The van der Waals surface area contributed by atoms with Crippen LogP contribution in [0.1, 0.15) is 25.7 Å². The Morgan fingerprint density at radius 2 is 2.05 bits per heavy atom. The van der Waals surface area contributed by atoms with E-state index in [1.807, 2.05) is 12.1 Å². The average Bonchev–Trinajstić information content (AvgIpc) is 2.43. The Morgan fingerprint density at radius 1 is 1.38 bits per heavy atom. The summed E-state index contributed by atoms with van der Waals surface area (Å²) >= 11 is 0. The van der Waals surface area contributed by atoms with Gasteiger partial charge < -0.3 is 15.2 Å². The lowest BCUT2D eigenvalue weighted by Crippen LogP contribution is -2.57. The van der Waals surface area contributed by atoms with E-state index in [1.54, 1.807) is 26.3 Å². The van der Waals surface area contributed by atoms with Crippen LogP contribution < -0.4 is 15.0 Å². The van der Waals surface area contributed by atoms with Crippen LogP contribution in [0.4, 0.5) is 10.5 Å². The number of methoxy groups -OCH3 is 1. The van der Waals surface area contributed by atoms with Crippen LogP contribution in [0.15, 0.2) is 24.3 Å². The summed E-state index contributed by atoms with van der Waals surface area (Å²) in [7, 11) is 3.18. The molecule has 0 saturated heterocycles. The number of aliphatic carboxylic acids is 1. The molecule has 1 aliphatic carbocycles. The first-order chi connectivity index (χ1) is 9.97. The van der Waals surface area contributed by atoms with Gasteiger partial charge in [0.25, 0.3) is 0 Å². The van der Waals surface area contributed by atoms with Crippen molar-refractivity contribution < 1.29 is 19.4 Å². The standard InChI is InChI=1S/C15H20N2O4/c1-17(11-6-3-4-7-12(11)21-2)14(20)16-15(8-5-9-15)10-13(18)19/h3-4,6-7H,5,8-10H2,1-2H3,(H,16,20)(H,18,19). The van der Waals surface area contributed by atoms with Gasteiger partial charge in [0.2, 0.25) is 0 Å². The molecule has 1 aromatic rings. The maximum Gasteiger partial charge on any atom is 0.322 e. The van der Waals surface area contributed by atoms with Gasteiger partial charge in [-0.05, 0) is 31.4 Å². The molecule has 0 atom stereocenters.